The van der Waals surface area contributed by atoms with Crippen molar-refractivity contribution in [1.29, 1.82) is 0 Å². The minimum absolute atomic E-state index is 0.0166. The molecule has 0 spiro atoms. The average molecular weight is 292 g/mol. The van der Waals surface area contributed by atoms with Crippen LogP contribution in [0.1, 0.15) is 43.2 Å². The first-order chi connectivity index (χ1) is 9.65. The lowest BCUT2D eigenvalue weighted by Crippen LogP contribution is -2.27. The molecule has 2 atom stereocenters. The Kier molecular flexibility index (Phi) is 3.65. The van der Waals surface area contributed by atoms with Crippen LogP contribution in [0, 0.1) is 5.92 Å². The van der Waals surface area contributed by atoms with Crippen molar-refractivity contribution in [3.63, 3.8) is 0 Å². The number of hydrogen-bond acceptors (Lipinski definition) is 4. The van der Waals surface area contributed by atoms with E-state index in [0.717, 1.165) is 35.9 Å². The third kappa shape index (κ3) is 2.09. The van der Waals surface area contributed by atoms with E-state index in [4.69, 9.17) is 0 Å². The number of aliphatic hydroxyl groups excluding tert-OH is 1. The number of aryl methyl sites for hydroxylation is 1. The first kappa shape index (κ1) is 13.8. The smallest absolute Gasteiger partial charge is 0.262 e. The molecule has 0 unspecified atom stereocenters. The Morgan fingerprint density at radius 3 is 3.10 bits per heavy atom. The molecule has 1 aliphatic rings. The van der Waals surface area contributed by atoms with E-state index in [9.17, 15) is 9.90 Å². The Balaban J connectivity index is 2.20. The molecule has 0 saturated heterocycles. The van der Waals surface area contributed by atoms with Crippen LogP contribution in [0.15, 0.2) is 11.1 Å². The quantitative estimate of drug-likeness (QED) is 0.945. The summed E-state index contributed by atoms with van der Waals surface area (Å²) in [6.07, 6.45) is 5.51. The maximum Gasteiger partial charge on any atom is 0.262 e. The molecule has 2 heterocycles. The van der Waals surface area contributed by atoms with Crippen molar-refractivity contribution in [3.8, 4) is 0 Å². The molecule has 4 nitrogen and oxygen atoms in total. The molecule has 20 heavy (non-hydrogen) atoms. The second-order valence-corrected chi connectivity index (χ2v) is 6.82. The van der Waals surface area contributed by atoms with Crippen molar-refractivity contribution < 1.29 is 5.11 Å². The lowest BCUT2D eigenvalue weighted by Gasteiger charge is -2.18. The van der Waals surface area contributed by atoms with E-state index in [-0.39, 0.29) is 18.2 Å². The highest BCUT2D eigenvalue weighted by Crippen LogP contribution is 2.35. The SMILES string of the molecule is CC[C@H](CO)n1cnc2sc3c(c2c1=O)CC[C@@H](C)C3. The summed E-state index contributed by atoms with van der Waals surface area (Å²) in [5.41, 5.74) is 1.23. The van der Waals surface area contributed by atoms with Gasteiger partial charge in [-0.3, -0.25) is 9.36 Å². The van der Waals surface area contributed by atoms with Crippen molar-refractivity contribution >= 4 is 21.6 Å². The minimum Gasteiger partial charge on any atom is -0.394 e. The standard InChI is InChI=1S/C15H20N2O2S/c1-3-10(7-18)17-8-16-14-13(15(17)19)11-5-4-9(2)6-12(11)20-14/h8-10,18H,3-7H2,1-2H3/t9-,10-/m1/s1. The van der Waals surface area contributed by atoms with Crippen molar-refractivity contribution in [2.24, 2.45) is 5.92 Å². The highest BCUT2D eigenvalue weighted by molar-refractivity contribution is 7.18. The summed E-state index contributed by atoms with van der Waals surface area (Å²) >= 11 is 1.67. The second-order valence-electron chi connectivity index (χ2n) is 5.73. The highest BCUT2D eigenvalue weighted by atomic mass is 32.1. The van der Waals surface area contributed by atoms with E-state index >= 15 is 0 Å². The highest BCUT2D eigenvalue weighted by Gasteiger charge is 2.24. The zero-order chi connectivity index (χ0) is 14.3. The summed E-state index contributed by atoms with van der Waals surface area (Å²) in [5, 5.41) is 10.2. The van der Waals surface area contributed by atoms with Gasteiger partial charge in [0.15, 0.2) is 0 Å². The van der Waals surface area contributed by atoms with Crippen molar-refractivity contribution in [2.75, 3.05) is 6.61 Å². The fourth-order valence-electron chi connectivity index (χ4n) is 3.02. The number of nitrogens with zero attached hydrogens (tertiary/aromatic N) is 2. The predicted molar refractivity (Wildman–Crippen MR) is 81.5 cm³/mol. The van der Waals surface area contributed by atoms with Crippen LogP contribution in [-0.2, 0) is 12.8 Å². The van der Waals surface area contributed by atoms with Crippen molar-refractivity contribution in [2.45, 2.75) is 45.6 Å². The predicted octanol–water partition coefficient (Wildman–Crippen LogP) is 2.53. The molecule has 0 aromatic carbocycles. The molecule has 0 fully saturated rings. The molecule has 0 saturated carbocycles. The summed E-state index contributed by atoms with van der Waals surface area (Å²) in [6.45, 7) is 4.22. The number of rotatable bonds is 3. The van der Waals surface area contributed by atoms with E-state index in [2.05, 4.69) is 11.9 Å². The van der Waals surface area contributed by atoms with Gasteiger partial charge in [-0.05, 0) is 37.2 Å². The van der Waals surface area contributed by atoms with E-state index in [1.807, 2.05) is 6.92 Å². The minimum atomic E-state index is -0.169. The van der Waals surface area contributed by atoms with Gasteiger partial charge in [0.1, 0.15) is 4.83 Å². The van der Waals surface area contributed by atoms with Crippen LogP contribution in [0.2, 0.25) is 0 Å². The molecule has 0 amide bonds. The summed E-state index contributed by atoms with van der Waals surface area (Å²) in [7, 11) is 0. The molecular formula is C15H20N2O2S. The van der Waals surface area contributed by atoms with Crippen LogP contribution in [0.5, 0.6) is 0 Å². The Bertz CT molecular complexity index is 685. The van der Waals surface area contributed by atoms with Crippen molar-refractivity contribution in [1.82, 2.24) is 9.55 Å². The molecule has 1 N–H and O–H groups in total. The maximum absolute atomic E-state index is 12.7. The lowest BCUT2D eigenvalue weighted by atomic mass is 9.89. The molecule has 0 bridgehead atoms. The Labute approximate surface area is 122 Å². The third-order valence-corrected chi connectivity index (χ3v) is 5.48. The molecular weight excluding hydrogens is 272 g/mol. The maximum atomic E-state index is 12.7. The van der Waals surface area contributed by atoms with Gasteiger partial charge in [0, 0.05) is 4.88 Å². The monoisotopic (exact) mass is 292 g/mol. The van der Waals surface area contributed by atoms with Gasteiger partial charge < -0.3 is 5.11 Å². The molecule has 108 valence electrons. The van der Waals surface area contributed by atoms with E-state index < -0.39 is 0 Å². The second kappa shape index (κ2) is 5.30. The van der Waals surface area contributed by atoms with Gasteiger partial charge in [-0.1, -0.05) is 13.8 Å². The van der Waals surface area contributed by atoms with Gasteiger partial charge in [0.05, 0.1) is 24.4 Å². The fourth-order valence-corrected chi connectivity index (χ4v) is 4.36. The van der Waals surface area contributed by atoms with Crippen LogP contribution in [0.4, 0.5) is 0 Å². The summed E-state index contributed by atoms with van der Waals surface area (Å²) in [5.74, 6) is 0.693. The van der Waals surface area contributed by atoms with Gasteiger partial charge in [0.2, 0.25) is 0 Å². The zero-order valence-electron chi connectivity index (χ0n) is 11.9. The topological polar surface area (TPSA) is 55.1 Å². The van der Waals surface area contributed by atoms with Crippen LogP contribution < -0.4 is 5.56 Å². The van der Waals surface area contributed by atoms with Gasteiger partial charge in [0.25, 0.3) is 5.56 Å². The largest absolute Gasteiger partial charge is 0.394 e. The molecule has 2 aromatic heterocycles. The summed E-state index contributed by atoms with van der Waals surface area (Å²) < 4.78 is 1.60. The van der Waals surface area contributed by atoms with Crippen molar-refractivity contribution in [3.05, 3.63) is 27.1 Å². The summed E-state index contributed by atoms with van der Waals surface area (Å²) in [6, 6.07) is -0.169. The molecule has 1 aliphatic carbocycles. The van der Waals surface area contributed by atoms with Crippen LogP contribution in [0.25, 0.3) is 10.2 Å². The van der Waals surface area contributed by atoms with Gasteiger partial charge in [-0.2, -0.15) is 0 Å². The normalized spacial score (nSPS) is 20.1. The number of aromatic nitrogens is 2. The molecule has 0 radical (unpaired) electrons. The lowest BCUT2D eigenvalue weighted by molar-refractivity contribution is 0.221. The van der Waals surface area contributed by atoms with Gasteiger partial charge >= 0.3 is 0 Å². The Morgan fingerprint density at radius 2 is 2.40 bits per heavy atom. The first-order valence-corrected chi connectivity index (χ1v) is 8.09. The molecule has 3 rings (SSSR count). The Hall–Kier alpha value is -1.20. The number of hydrogen-bond donors (Lipinski definition) is 1. The Morgan fingerprint density at radius 1 is 1.60 bits per heavy atom. The molecule has 0 aliphatic heterocycles. The van der Waals surface area contributed by atoms with E-state index in [0.29, 0.717) is 5.92 Å². The molecule has 2 aromatic rings. The number of aliphatic hydroxyl groups is 1. The van der Waals surface area contributed by atoms with E-state index in [1.54, 1.807) is 22.2 Å². The first-order valence-electron chi connectivity index (χ1n) is 7.27. The number of fused-ring (bicyclic) bond motifs is 3. The average Bonchev–Trinajstić information content (AvgIpc) is 2.80. The third-order valence-electron chi connectivity index (χ3n) is 4.32. The van der Waals surface area contributed by atoms with E-state index in [1.165, 1.54) is 10.4 Å². The zero-order valence-corrected chi connectivity index (χ0v) is 12.7. The van der Waals surface area contributed by atoms with Crippen LogP contribution in [-0.4, -0.2) is 21.3 Å². The fraction of sp³-hybridized carbons (Fsp3) is 0.600. The van der Waals surface area contributed by atoms with Crippen LogP contribution in [0.3, 0.4) is 0 Å². The van der Waals surface area contributed by atoms with Gasteiger partial charge in [-0.25, -0.2) is 4.98 Å². The number of thiophene rings is 1. The molecule has 5 heteroatoms. The summed E-state index contributed by atoms with van der Waals surface area (Å²) in [4.78, 5) is 19.4. The van der Waals surface area contributed by atoms with Gasteiger partial charge in [-0.15, -0.1) is 11.3 Å². The van der Waals surface area contributed by atoms with Crippen LogP contribution >= 0.6 is 11.3 Å².